The van der Waals surface area contributed by atoms with Gasteiger partial charge in [-0.2, -0.15) is 0 Å². The predicted molar refractivity (Wildman–Crippen MR) is 93.8 cm³/mol. The van der Waals surface area contributed by atoms with E-state index in [1.54, 1.807) is 19.2 Å². The highest BCUT2D eigenvalue weighted by molar-refractivity contribution is 5.89. The smallest absolute Gasteiger partial charge is 0.284 e. The lowest BCUT2D eigenvalue weighted by atomic mass is 10.0. The monoisotopic (exact) mass is 350 g/mol. The number of guanidine groups is 1. The molecular weight excluding hydrogens is 324 g/mol. The van der Waals surface area contributed by atoms with Gasteiger partial charge in [-0.1, -0.05) is 0 Å². The lowest BCUT2D eigenvalue weighted by Crippen LogP contribution is -2.61. The molecule has 1 aliphatic heterocycles. The highest BCUT2D eigenvalue weighted by Gasteiger charge is 2.35. The number of rotatable bonds is 5. The molecule has 1 fully saturated rings. The summed E-state index contributed by atoms with van der Waals surface area (Å²) < 4.78 is 5.35. The molecule has 0 unspecified atom stereocenters. The van der Waals surface area contributed by atoms with Crippen molar-refractivity contribution in [2.45, 2.75) is 25.9 Å². The van der Waals surface area contributed by atoms with Crippen LogP contribution >= 0.6 is 0 Å². The molecule has 1 aromatic heterocycles. The number of furan rings is 1. The number of carbonyl (C=O) groups excluding carboxylic acids is 2. The number of hydrogen-bond donors (Lipinski definition) is 3. The molecule has 25 heavy (non-hydrogen) atoms. The molecule has 0 radical (unpaired) electrons. The van der Waals surface area contributed by atoms with Crippen LogP contribution in [0.25, 0.3) is 0 Å². The fraction of sp³-hybridized carbons (Fsp3) is 0.562. The molecule has 5 N–H and O–H groups in total. The Balaban J connectivity index is 1.90. The predicted octanol–water partition coefficient (Wildman–Crippen LogP) is -0.665. The van der Waals surface area contributed by atoms with Crippen LogP contribution in [0.5, 0.6) is 0 Å². The molecule has 1 saturated heterocycles. The maximum absolute atomic E-state index is 11.6. The van der Waals surface area contributed by atoms with Gasteiger partial charge < -0.3 is 26.1 Å². The molecule has 0 bridgehead atoms. The summed E-state index contributed by atoms with van der Waals surface area (Å²) in [5.74, 6) is 0.543. The van der Waals surface area contributed by atoms with E-state index >= 15 is 0 Å². The second-order valence-corrected chi connectivity index (χ2v) is 6.43. The number of nitrogens with zero attached hydrogens (tertiary/aromatic N) is 3. The molecule has 138 valence electrons. The van der Waals surface area contributed by atoms with Gasteiger partial charge in [0.1, 0.15) is 5.76 Å². The van der Waals surface area contributed by atoms with Crippen molar-refractivity contribution in [2.24, 2.45) is 16.5 Å². The normalized spacial score (nSPS) is 16.8. The lowest BCUT2D eigenvalue weighted by Gasteiger charge is -2.43. The van der Waals surface area contributed by atoms with Crippen LogP contribution in [0.3, 0.4) is 0 Å². The van der Waals surface area contributed by atoms with E-state index in [4.69, 9.17) is 15.9 Å². The summed E-state index contributed by atoms with van der Waals surface area (Å²) in [6, 6.07) is 3.25. The highest BCUT2D eigenvalue weighted by atomic mass is 16.3. The van der Waals surface area contributed by atoms with Gasteiger partial charge in [-0.3, -0.25) is 19.5 Å². The van der Waals surface area contributed by atoms with Crippen molar-refractivity contribution in [3.8, 4) is 0 Å². The summed E-state index contributed by atoms with van der Waals surface area (Å²) in [5, 5.41) is 3.20. The summed E-state index contributed by atoms with van der Waals surface area (Å²) in [6.45, 7) is 6.94. The largest absolute Gasteiger partial charge is 0.454 e. The Hall–Kier alpha value is -2.55. The van der Waals surface area contributed by atoms with E-state index in [1.165, 1.54) is 0 Å². The third-order valence-corrected chi connectivity index (χ3v) is 4.51. The third-order valence-electron chi connectivity index (χ3n) is 4.51. The minimum atomic E-state index is -0.664. The van der Waals surface area contributed by atoms with Crippen LogP contribution in [-0.2, 0) is 11.3 Å². The molecule has 0 aliphatic carbocycles. The zero-order valence-electron chi connectivity index (χ0n) is 14.9. The van der Waals surface area contributed by atoms with Crippen LogP contribution in [-0.4, -0.2) is 66.3 Å². The Bertz CT molecular complexity index is 659. The zero-order chi connectivity index (χ0) is 18.6. The summed E-state index contributed by atoms with van der Waals surface area (Å²) >= 11 is 0. The van der Waals surface area contributed by atoms with Gasteiger partial charge in [0.05, 0.1) is 12.1 Å². The first-order valence-corrected chi connectivity index (χ1v) is 8.14. The van der Waals surface area contributed by atoms with Crippen LogP contribution in [0.4, 0.5) is 0 Å². The standard InChI is InChI=1S/C16H26N6O3/c1-16(2,14(18)24)22-8-6-21(7-9-22)15(19-3)20-10-11-4-5-12(25-11)13(17)23/h4-5H,6-10H2,1-3H3,(H2,17,23)(H2,18,24)(H,19,20). The number of hydrogen-bond acceptors (Lipinski definition) is 5. The van der Waals surface area contributed by atoms with E-state index < -0.39 is 11.4 Å². The molecule has 0 atom stereocenters. The SMILES string of the molecule is CN=C(NCc1ccc(C(N)=O)o1)N1CCN(C(C)(C)C(N)=O)CC1. The minimum Gasteiger partial charge on any atom is -0.454 e. The Labute approximate surface area is 147 Å². The first-order valence-electron chi connectivity index (χ1n) is 8.14. The molecule has 2 amide bonds. The van der Waals surface area contributed by atoms with E-state index in [0.29, 0.717) is 25.4 Å². The van der Waals surface area contributed by atoms with E-state index in [0.717, 1.165) is 19.0 Å². The van der Waals surface area contributed by atoms with Gasteiger partial charge in [0.25, 0.3) is 5.91 Å². The third kappa shape index (κ3) is 4.30. The van der Waals surface area contributed by atoms with Gasteiger partial charge in [-0.05, 0) is 26.0 Å². The zero-order valence-corrected chi connectivity index (χ0v) is 14.9. The van der Waals surface area contributed by atoms with Crippen molar-refractivity contribution >= 4 is 17.8 Å². The van der Waals surface area contributed by atoms with Gasteiger partial charge in [-0.15, -0.1) is 0 Å². The minimum absolute atomic E-state index is 0.133. The van der Waals surface area contributed by atoms with Crippen molar-refractivity contribution in [3.05, 3.63) is 23.7 Å². The van der Waals surface area contributed by atoms with E-state index in [1.807, 2.05) is 13.8 Å². The fourth-order valence-corrected chi connectivity index (χ4v) is 2.74. The molecular formula is C16H26N6O3. The number of amides is 2. The van der Waals surface area contributed by atoms with E-state index in [-0.39, 0.29) is 11.7 Å². The highest BCUT2D eigenvalue weighted by Crippen LogP contribution is 2.16. The van der Waals surface area contributed by atoms with Crippen molar-refractivity contribution in [1.29, 1.82) is 0 Å². The molecule has 0 saturated carbocycles. The molecule has 0 spiro atoms. The number of aliphatic imine (C=N–C) groups is 1. The van der Waals surface area contributed by atoms with Crippen molar-refractivity contribution in [1.82, 2.24) is 15.1 Å². The second-order valence-electron chi connectivity index (χ2n) is 6.43. The van der Waals surface area contributed by atoms with Gasteiger partial charge in [0, 0.05) is 33.2 Å². The van der Waals surface area contributed by atoms with E-state index in [9.17, 15) is 9.59 Å². The average molecular weight is 350 g/mol. The number of carbonyl (C=O) groups is 2. The van der Waals surface area contributed by atoms with Crippen LogP contribution in [0.1, 0.15) is 30.2 Å². The Morgan fingerprint density at radius 1 is 1.24 bits per heavy atom. The molecule has 9 heteroatoms. The summed E-state index contributed by atoms with van der Waals surface area (Å²) in [5.41, 5.74) is 9.99. The summed E-state index contributed by atoms with van der Waals surface area (Å²) in [6.07, 6.45) is 0. The summed E-state index contributed by atoms with van der Waals surface area (Å²) in [4.78, 5) is 31.1. The maximum atomic E-state index is 11.6. The van der Waals surface area contributed by atoms with Crippen LogP contribution in [0.15, 0.2) is 21.5 Å². The second kappa shape index (κ2) is 7.56. The molecule has 1 aliphatic rings. The number of nitrogens with one attached hydrogen (secondary N) is 1. The molecule has 1 aromatic rings. The molecule has 0 aromatic carbocycles. The van der Waals surface area contributed by atoms with Crippen molar-refractivity contribution in [2.75, 3.05) is 33.2 Å². The Kier molecular flexibility index (Phi) is 5.68. The first kappa shape index (κ1) is 18.8. The van der Waals surface area contributed by atoms with Crippen LogP contribution < -0.4 is 16.8 Å². The van der Waals surface area contributed by atoms with Crippen LogP contribution in [0.2, 0.25) is 0 Å². The van der Waals surface area contributed by atoms with Crippen LogP contribution in [0, 0.1) is 0 Å². The van der Waals surface area contributed by atoms with Gasteiger partial charge >= 0.3 is 0 Å². The van der Waals surface area contributed by atoms with Gasteiger partial charge in [0.15, 0.2) is 11.7 Å². The average Bonchev–Trinajstić information content (AvgIpc) is 3.05. The molecule has 9 nitrogen and oxygen atoms in total. The van der Waals surface area contributed by atoms with Crippen molar-refractivity contribution in [3.63, 3.8) is 0 Å². The Morgan fingerprint density at radius 3 is 2.36 bits per heavy atom. The number of piperazine rings is 1. The van der Waals surface area contributed by atoms with Gasteiger partial charge in [-0.25, -0.2) is 0 Å². The first-order chi connectivity index (χ1) is 11.8. The van der Waals surface area contributed by atoms with Gasteiger partial charge in [0.2, 0.25) is 5.91 Å². The molecule has 2 rings (SSSR count). The number of nitrogens with two attached hydrogens (primary N) is 2. The number of primary amides is 2. The molecule has 2 heterocycles. The van der Waals surface area contributed by atoms with E-state index in [2.05, 4.69) is 20.1 Å². The van der Waals surface area contributed by atoms with Crippen molar-refractivity contribution < 1.29 is 14.0 Å². The summed E-state index contributed by atoms with van der Waals surface area (Å²) in [7, 11) is 1.71. The quantitative estimate of drug-likeness (QED) is 0.477. The Morgan fingerprint density at radius 2 is 1.88 bits per heavy atom. The maximum Gasteiger partial charge on any atom is 0.284 e. The fourth-order valence-electron chi connectivity index (χ4n) is 2.74. The topological polar surface area (TPSA) is 130 Å². The lowest BCUT2D eigenvalue weighted by molar-refractivity contribution is -0.129.